The summed E-state index contributed by atoms with van der Waals surface area (Å²) in [5.74, 6) is -0.295. The van der Waals surface area contributed by atoms with E-state index in [4.69, 9.17) is 5.41 Å². The van der Waals surface area contributed by atoms with Crippen molar-refractivity contribution in [3.8, 4) is 5.69 Å². The van der Waals surface area contributed by atoms with Gasteiger partial charge < -0.3 is 4.57 Å². The van der Waals surface area contributed by atoms with Crippen molar-refractivity contribution in [1.29, 1.82) is 5.41 Å². The third-order valence-corrected chi connectivity index (χ3v) is 6.73. The standard InChI is InChI=1S/C24H27N5OS/c1-6-7-8-21-27-29-22(25)20(23(30)26-24(29)31-21)13-18-12-16(4)28(17(18)5)19-10-9-14(2)15(3)11-19/h9-13,25H,6-8H2,1-5H3. The Morgan fingerprint density at radius 3 is 2.61 bits per heavy atom. The van der Waals surface area contributed by atoms with Crippen molar-refractivity contribution in [3.63, 3.8) is 0 Å². The van der Waals surface area contributed by atoms with E-state index in [9.17, 15) is 4.79 Å². The molecular formula is C24H27N5OS. The highest BCUT2D eigenvalue weighted by atomic mass is 32.2. The Labute approximate surface area is 187 Å². The number of thioether (sulfide) groups is 1. The zero-order valence-electron chi connectivity index (χ0n) is 18.6. The van der Waals surface area contributed by atoms with E-state index in [1.54, 1.807) is 6.08 Å². The van der Waals surface area contributed by atoms with E-state index in [1.807, 2.05) is 13.0 Å². The number of amides is 1. The number of aliphatic imine (C=N–C) groups is 1. The number of rotatable bonds is 5. The van der Waals surface area contributed by atoms with Crippen LogP contribution in [0.25, 0.3) is 11.8 Å². The van der Waals surface area contributed by atoms with Crippen molar-refractivity contribution in [2.75, 3.05) is 0 Å². The molecule has 31 heavy (non-hydrogen) atoms. The Morgan fingerprint density at radius 1 is 1.13 bits per heavy atom. The quantitative estimate of drug-likeness (QED) is 0.631. The Kier molecular flexibility index (Phi) is 5.71. The van der Waals surface area contributed by atoms with Gasteiger partial charge in [-0.05, 0) is 93.3 Å². The van der Waals surface area contributed by atoms with Crippen molar-refractivity contribution in [1.82, 2.24) is 9.58 Å². The van der Waals surface area contributed by atoms with Crippen LogP contribution in [0, 0.1) is 33.1 Å². The fourth-order valence-corrected chi connectivity index (χ4v) is 4.74. The summed E-state index contributed by atoms with van der Waals surface area (Å²) in [7, 11) is 0. The smallest absolute Gasteiger partial charge is 0.283 e. The van der Waals surface area contributed by atoms with Crippen LogP contribution in [0.3, 0.4) is 0 Å². The van der Waals surface area contributed by atoms with E-state index >= 15 is 0 Å². The minimum atomic E-state index is -0.383. The minimum Gasteiger partial charge on any atom is -0.318 e. The number of nitrogens with zero attached hydrogens (tertiary/aromatic N) is 4. The first-order valence-corrected chi connectivity index (χ1v) is 11.4. The molecule has 0 saturated carbocycles. The maximum atomic E-state index is 12.7. The molecule has 0 atom stereocenters. The monoisotopic (exact) mass is 433 g/mol. The molecule has 0 bridgehead atoms. The van der Waals surface area contributed by atoms with Crippen LogP contribution in [0.15, 0.2) is 39.9 Å². The molecule has 0 fully saturated rings. The third kappa shape index (κ3) is 3.90. The van der Waals surface area contributed by atoms with E-state index < -0.39 is 0 Å². The van der Waals surface area contributed by atoms with Gasteiger partial charge in [-0.2, -0.15) is 15.1 Å². The predicted molar refractivity (Wildman–Crippen MR) is 129 cm³/mol. The summed E-state index contributed by atoms with van der Waals surface area (Å²) >= 11 is 1.39. The highest BCUT2D eigenvalue weighted by Gasteiger charge is 2.35. The fourth-order valence-electron chi connectivity index (χ4n) is 3.81. The number of amidine groups is 2. The number of hydrazone groups is 1. The second-order valence-electron chi connectivity index (χ2n) is 8.05. The summed E-state index contributed by atoms with van der Waals surface area (Å²) in [6.07, 6.45) is 4.72. The van der Waals surface area contributed by atoms with Crippen LogP contribution < -0.4 is 0 Å². The van der Waals surface area contributed by atoms with Crippen molar-refractivity contribution >= 4 is 39.8 Å². The van der Waals surface area contributed by atoms with Crippen LogP contribution in [-0.2, 0) is 4.79 Å². The minimum absolute atomic E-state index is 0.0879. The van der Waals surface area contributed by atoms with Gasteiger partial charge in [0.2, 0.25) is 5.17 Å². The van der Waals surface area contributed by atoms with Crippen molar-refractivity contribution in [2.45, 2.75) is 53.9 Å². The number of aromatic nitrogens is 1. The molecule has 6 nitrogen and oxygen atoms in total. The Hall–Kier alpha value is -2.93. The molecule has 2 aliphatic heterocycles. The van der Waals surface area contributed by atoms with Crippen LogP contribution in [0.4, 0.5) is 0 Å². The van der Waals surface area contributed by atoms with Gasteiger partial charge in [-0.1, -0.05) is 19.4 Å². The number of carbonyl (C=O) groups excluding carboxylic acids is 1. The molecule has 0 radical (unpaired) electrons. The Balaban J connectivity index is 1.69. The number of fused-ring (bicyclic) bond motifs is 1. The zero-order chi connectivity index (χ0) is 22.3. The fraction of sp³-hybridized carbons (Fsp3) is 0.333. The normalized spacial score (nSPS) is 17.3. The van der Waals surface area contributed by atoms with E-state index in [-0.39, 0.29) is 17.3 Å². The van der Waals surface area contributed by atoms with E-state index in [0.717, 1.165) is 46.9 Å². The van der Waals surface area contributed by atoms with E-state index in [0.29, 0.717) is 5.17 Å². The Bertz CT molecular complexity index is 1180. The number of carbonyl (C=O) groups is 1. The van der Waals surface area contributed by atoms with Crippen molar-refractivity contribution in [2.24, 2.45) is 10.1 Å². The first kappa shape index (κ1) is 21.3. The molecule has 0 saturated heterocycles. The molecule has 1 aromatic carbocycles. The van der Waals surface area contributed by atoms with Gasteiger partial charge in [0.25, 0.3) is 5.91 Å². The Morgan fingerprint density at radius 2 is 1.90 bits per heavy atom. The van der Waals surface area contributed by atoms with Gasteiger partial charge in [0.15, 0.2) is 5.84 Å². The molecule has 4 rings (SSSR count). The predicted octanol–water partition coefficient (Wildman–Crippen LogP) is 5.52. The zero-order valence-corrected chi connectivity index (χ0v) is 19.4. The molecule has 2 aromatic rings. The first-order valence-electron chi connectivity index (χ1n) is 10.6. The van der Waals surface area contributed by atoms with Gasteiger partial charge in [0.1, 0.15) is 5.04 Å². The van der Waals surface area contributed by atoms with Gasteiger partial charge in [0.05, 0.1) is 5.57 Å². The lowest BCUT2D eigenvalue weighted by Gasteiger charge is -2.20. The van der Waals surface area contributed by atoms with Gasteiger partial charge in [-0.15, -0.1) is 0 Å². The number of aryl methyl sites for hydroxylation is 3. The van der Waals surface area contributed by atoms with Crippen LogP contribution >= 0.6 is 11.8 Å². The summed E-state index contributed by atoms with van der Waals surface area (Å²) in [6.45, 7) is 10.4. The first-order chi connectivity index (χ1) is 14.8. The lowest BCUT2D eigenvalue weighted by atomic mass is 10.1. The molecule has 0 spiro atoms. The summed E-state index contributed by atoms with van der Waals surface area (Å²) < 4.78 is 2.18. The molecular weight excluding hydrogens is 406 g/mol. The average Bonchev–Trinajstić information content (AvgIpc) is 3.26. The number of unbranched alkanes of at least 4 members (excludes halogenated alkanes) is 1. The van der Waals surface area contributed by atoms with Crippen molar-refractivity contribution < 1.29 is 4.79 Å². The highest BCUT2D eigenvalue weighted by Crippen LogP contribution is 2.31. The SMILES string of the molecule is CCCCC1=NN2C(=N)C(=Cc3cc(C)n(-c4ccc(C)c(C)c4)c3C)C(=O)N=C2S1. The number of hydrogen-bond donors (Lipinski definition) is 1. The molecule has 1 aromatic heterocycles. The molecule has 160 valence electrons. The second-order valence-corrected chi connectivity index (χ2v) is 9.09. The van der Waals surface area contributed by atoms with Crippen LogP contribution in [0.1, 0.15) is 54.3 Å². The largest absolute Gasteiger partial charge is 0.318 e. The number of hydrogen-bond acceptors (Lipinski definition) is 4. The second kappa shape index (κ2) is 8.30. The van der Waals surface area contributed by atoms with Crippen LogP contribution in [-0.4, -0.2) is 31.5 Å². The summed E-state index contributed by atoms with van der Waals surface area (Å²) in [6, 6.07) is 8.45. The average molecular weight is 434 g/mol. The third-order valence-electron chi connectivity index (χ3n) is 5.76. The van der Waals surface area contributed by atoms with Crippen LogP contribution in [0.2, 0.25) is 0 Å². The number of benzene rings is 1. The molecule has 0 aliphatic carbocycles. The summed E-state index contributed by atoms with van der Waals surface area (Å²) in [4.78, 5) is 16.9. The summed E-state index contributed by atoms with van der Waals surface area (Å²) in [5, 5.41) is 16.0. The lowest BCUT2D eigenvalue weighted by Crippen LogP contribution is -2.35. The molecule has 1 N–H and O–H groups in total. The lowest BCUT2D eigenvalue weighted by molar-refractivity contribution is -0.114. The van der Waals surface area contributed by atoms with Gasteiger partial charge in [-0.3, -0.25) is 10.2 Å². The maximum absolute atomic E-state index is 12.7. The van der Waals surface area contributed by atoms with Gasteiger partial charge in [-0.25, -0.2) is 0 Å². The van der Waals surface area contributed by atoms with Gasteiger partial charge in [0, 0.05) is 17.1 Å². The van der Waals surface area contributed by atoms with Crippen LogP contribution in [0.5, 0.6) is 0 Å². The molecule has 2 aliphatic rings. The maximum Gasteiger partial charge on any atom is 0.283 e. The molecule has 3 heterocycles. The topological polar surface area (TPSA) is 73.8 Å². The molecule has 0 unspecified atom stereocenters. The van der Waals surface area contributed by atoms with E-state index in [1.165, 1.54) is 27.9 Å². The van der Waals surface area contributed by atoms with Crippen molar-refractivity contribution in [3.05, 3.63) is 57.9 Å². The summed E-state index contributed by atoms with van der Waals surface area (Å²) in [5.41, 5.74) is 6.85. The van der Waals surface area contributed by atoms with E-state index in [2.05, 4.69) is 60.6 Å². The molecule has 7 heteroatoms. The highest BCUT2D eigenvalue weighted by molar-refractivity contribution is 8.26. The number of nitrogens with one attached hydrogen (secondary N) is 1. The molecule has 1 amide bonds. The van der Waals surface area contributed by atoms with Gasteiger partial charge >= 0.3 is 0 Å².